The Labute approximate surface area is 100.0 Å². The normalized spacial score (nSPS) is 13.9. The molecule has 0 radical (unpaired) electrons. The van der Waals surface area contributed by atoms with E-state index < -0.39 is 6.10 Å². The number of carbonyl (C=O) groups is 1. The maximum Gasteiger partial charge on any atom is 0.260 e. The average molecular weight is 240 g/mol. The quantitative estimate of drug-likeness (QED) is 0.835. The lowest BCUT2D eigenvalue weighted by molar-refractivity contribution is -0.126. The standard InChI is InChI=1S/C12H17FN2O2/c1-7(14)10-6-9(13)4-5-11(10)17-8(2)12(16)15-3/h4-8H,14H2,1-3H3,(H,15,16)/t7-,8?/m1/s1. The fourth-order valence-electron chi connectivity index (χ4n) is 1.43. The van der Waals surface area contributed by atoms with Gasteiger partial charge in [0.15, 0.2) is 6.10 Å². The number of halogens is 1. The maximum absolute atomic E-state index is 13.1. The molecular formula is C12H17FN2O2. The van der Waals surface area contributed by atoms with Gasteiger partial charge in [0.2, 0.25) is 0 Å². The van der Waals surface area contributed by atoms with Gasteiger partial charge in [0, 0.05) is 18.7 Å². The summed E-state index contributed by atoms with van der Waals surface area (Å²) in [4.78, 5) is 11.3. The number of nitrogens with two attached hydrogens (primary N) is 1. The van der Waals surface area contributed by atoms with E-state index >= 15 is 0 Å². The second-order valence-electron chi connectivity index (χ2n) is 3.85. The summed E-state index contributed by atoms with van der Waals surface area (Å²) in [6, 6.07) is 3.71. The Bertz CT molecular complexity index is 407. The Morgan fingerprint density at radius 2 is 2.12 bits per heavy atom. The van der Waals surface area contributed by atoms with Gasteiger partial charge in [0.25, 0.3) is 5.91 Å². The fraction of sp³-hybridized carbons (Fsp3) is 0.417. The summed E-state index contributed by atoms with van der Waals surface area (Å²) in [6.45, 7) is 3.35. The highest BCUT2D eigenvalue weighted by Gasteiger charge is 2.16. The van der Waals surface area contributed by atoms with Crippen molar-refractivity contribution in [3.8, 4) is 5.75 Å². The second kappa shape index (κ2) is 5.63. The third kappa shape index (κ3) is 3.42. The molecule has 4 nitrogen and oxygen atoms in total. The van der Waals surface area contributed by atoms with Gasteiger partial charge < -0.3 is 15.8 Å². The first-order valence-corrected chi connectivity index (χ1v) is 5.39. The van der Waals surface area contributed by atoms with Crippen molar-refractivity contribution >= 4 is 5.91 Å². The molecule has 0 aromatic heterocycles. The number of amides is 1. The highest BCUT2D eigenvalue weighted by Crippen LogP contribution is 2.25. The van der Waals surface area contributed by atoms with Crippen molar-refractivity contribution in [3.05, 3.63) is 29.6 Å². The second-order valence-corrected chi connectivity index (χ2v) is 3.85. The molecule has 3 N–H and O–H groups in total. The number of benzene rings is 1. The lowest BCUT2D eigenvalue weighted by Crippen LogP contribution is -2.34. The molecule has 5 heteroatoms. The van der Waals surface area contributed by atoms with Gasteiger partial charge >= 0.3 is 0 Å². The summed E-state index contributed by atoms with van der Waals surface area (Å²) in [7, 11) is 1.53. The van der Waals surface area contributed by atoms with Gasteiger partial charge in [-0.05, 0) is 32.0 Å². The van der Waals surface area contributed by atoms with Crippen LogP contribution in [0, 0.1) is 5.82 Å². The predicted octanol–water partition coefficient (Wildman–Crippen LogP) is 1.36. The molecule has 0 spiro atoms. The first-order chi connectivity index (χ1) is 7.95. The number of carbonyl (C=O) groups excluding carboxylic acids is 1. The van der Waals surface area contributed by atoms with Crippen LogP contribution in [0.3, 0.4) is 0 Å². The predicted molar refractivity (Wildman–Crippen MR) is 63.2 cm³/mol. The summed E-state index contributed by atoms with van der Waals surface area (Å²) >= 11 is 0. The van der Waals surface area contributed by atoms with Crippen LogP contribution < -0.4 is 15.8 Å². The molecule has 0 aliphatic heterocycles. The van der Waals surface area contributed by atoms with Crippen LogP contribution in [-0.2, 0) is 4.79 Å². The van der Waals surface area contributed by atoms with Crippen LogP contribution in [0.2, 0.25) is 0 Å². The van der Waals surface area contributed by atoms with Crippen LogP contribution >= 0.6 is 0 Å². The lowest BCUT2D eigenvalue weighted by atomic mass is 10.1. The molecule has 0 aliphatic carbocycles. The van der Waals surface area contributed by atoms with Gasteiger partial charge in [-0.3, -0.25) is 4.79 Å². The van der Waals surface area contributed by atoms with Crippen molar-refractivity contribution in [3.63, 3.8) is 0 Å². The molecule has 0 saturated carbocycles. The molecule has 17 heavy (non-hydrogen) atoms. The topological polar surface area (TPSA) is 64.3 Å². The number of rotatable bonds is 4. The van der Waals surface area contributed by atoms with E-state index in [2.05, 4.69) is 5.32 Å². The summed E-state index contributed by atoms with van der Waals surface area (Å²) in [5, 5.41) is 2.48. The molecule has 0 saturated heterocycles. The van der Waals surface area contributed by atoms with Crippen molar-refractivity contribution in [2.45, 2.75) is 26.0 Å². The van der Waals surface area contributed by atoms with Crippen LogP contribution in [0.4, 0.5) is 4.39 Å². The summed E-state index contributed by atoms with van der Waals surface area (Å²) in [5.74, 6) is -0.195. The van der Waals surface area contributed by atoms with Crippen molar-refractivity contribution < 1.29 is 13.9 Å². The summed E-state index contributed by atoms with van der Waals surface area (Å²) in [6.07, 6.45) is -0.650. The zero-order chi connectivity index (χ0) is 13.0. The lowest BCUT2D eigenvalue weighted by Gasteiger charge is -2.18. The Morgan fingerprint density at radius 1 is 1.47 bits per heavy atom. The molecule has 0 heterocycles. The van der Waals surface area contributed by atoms with Crippen LogP contribution in [0.15, 0.2) is 18.2 Å². The number of likely N-dealkylation sites (N-methyl/N-ethyl adjacent to an activating group) is 1. The Balaban J connectivity index is 2.94. The van der Waals surface area contributed by atoms with E-state index in [-0.39, 0.29) is 17.8 Å². The van der Waals surface area contributed by atoms with Crippen molar-refractivity contribution in [1.82, 2.24) is 5.32 Å². The third-order valence-corrected chi connectivity index (χ3v) is 2.38. The van der Waals surface area contributed by atoms with Crippen molar-refractivity contribution in [1.29, 1.82) is 0 Å². The minimum atomic E-state index is -0.650. The molecular weight excluding hydrogens is 223 g/mol. The van der Waals surface area contributed by atoms with E-state index in [0.29, 0.717) is 11.3 Å². The van der Waals surface area contributed by atoms with E-state index in [4.69, 9.17) is 10.5 Å². The molecule has 1 rings (SSSR count). The average Bonchev–Trinajstić information content (AvgIpc) is 2.29. The molecule has 1 amide bonds. The maximum atomic E-state index is 13.1. The molecule has 1 aromatic carbocycles. The highest BCUT2D eigenvalue weighted by molar-refractivity contribution is 5.80. The smallest absolute Gasteiger partial charge is 0.260 e. The largest absolute Gasteiger partial charge is 0.481 e. The minimum Gasteiger partial charge on any atom is -0.481 e. The number of ether oxygens (including phenoxy) is 1. The van der Waals surface area contributed by atoms with E-state index in [0.717, 1.165) is 0 Å². The summed E-state index contributed by atoms with van der Waals surface area (Å²) < 4.78 is 18.5. The first kappa shape index (κ1) is 13.4. The monoisotopic (exact) mass is 240 g/mol. The SMILES string of the molecule is CNC(=O)C(C)Oc1ccc(F)cc1[C@@H](C)N. The molecule has 1 unspecified atom stereocenters. The van der Waals surface area contributed by atoms with E-state index in [1.54, 1.807) is 13.8 Å². The zero-order valence-electron chi connectivity index (χ0n) is 10.2. The van der Waals surface area contributed by atoms with Gasteiger partial charge in [0.05, 0.1) is 0 Å². The molecule has 2 atom stereocenters. The van der Waals surface area contributed by atoms with E-state index in [1.165, 1.54) is 25.2 Å². The van der Waals surface area contributed by atoms with E-state index in [1.807, 2.05) is 0 Å². The molecule has 1 aromatic rings. The van der Waals surface area contributed by atoms with Crippen molar-refractivity contribution in [2.75, 3.05) is 7.05 Å². The molecule has 94 valence electrons. The third-order valence-electron chi connectivity index (χ3n) is 2.38. The zero-order valence-corrected chi connectivity index (χ0v) is 10.2. The molecule has 0 aliphatic rings. The van der Waals surface area contributed by atoms with Crippen LogP contribution in [-0.4, -0.2) is 19.1 Å². The Kier molecular flexibility index (Phi) is 4.45. The van der Waals surface area contributed by atoms with E-state index in [9.17, 15) is 9.18 Å². The van der Waals surface area contributed by atoms with Gasteiger partial charge in [-0.1, -0.05) is 0 Å². The molecule has 0 bridgehead atoms. The number of hydrogen-bond acceptors (Lipinski definition) is 3. The Hall–Kier alpha value is -1.62. The van der Waals surface area contributed by atoms with Crippen LogP contribution in [0.5, 0.6) is 5.75 Å². The van der Waals surface area contributed by atoms with Gasteiger partial charge in [-0.15, -0.1) is 0 Å². The highest BCUT2D eigenvalue weighted by atomic mass is 19.1. The minimum absolute atomic E-state index is 0.245. The van der Waals surface area contributed by atoms with Crippen LogP contribution in [0.25, 0.3) is 0 Å². The molecule has 0 fully saturated rings. The van der Waals surface area contributed by atoms with Gasteiger partial charge in [-0.25, -0.2) is 4.39 Å². The fourth-order valence-corrected chi connectivity index (χ4v) is 1.43. The number of hydrogen-bond donors (Lipinski definition) is 2. The number of nitrogens with one attached hydrogen (secondary N) is 1. The van der Waals surface area contributed by atoms with Gasteiger partial charge in [0.1, 0.15) is 11.6 Å². The summed E-state index contributed by atoms with van der Waals surface area (Å²) in [5.41, 5.74) is 6.26. The van der Waals surface area contributed by atoms with Crippen molar-refractivity contribution in [2.24, 2.45) is 5.73 Å². The Morgan fingerprint density at radius 3 is 2.65 bits per heavy atom. The van der Waals surface area contributed by atoms with Gasteiger partial charge in [-0.2, -0.15) is 0 Å². The van der Waals surface area contributed by atoms with Crippen LogP contribution in [0.1, 0.15) is 25.5 Å². The first-order valence-electron chi connectivity index (χ1n) is 5.39.